The van der Waals surface area contributed by atoms with Crippen LogP contribution in [0.25, 0.3) is 0 Å². The Morgan fingerprint density at radius 1 is 1.00 bits per heavy atom. The Hall–Kier alpha value is -2.27. The highest BCUT2D eigenvalue weighted by Gasteiger charge is 2.42. The van der Waals surface area contributed by atoms with Crippen LogP contribution in [-0.2, 0) is 4.79 Å². The molecule has 1 aliphatic heterocycles. The van der Waals surface area contributed by atoms with Gasteiger partial charge in [0.15, 0.2) is 5.37 Å². The number of amides is 2. The quantitative estimate of drug-likeness (QED) is 0.867. The van der Waals surface area contributed by atoms with Gasteiger partial charge in [0, 0.05) is 12.7 Å². The number of likely N-dealkylation sites (N-methyl/N-ethyl adjacent to an activating group) is 1. The summed E-state index contributed by atoms with van der Waals surface area (Å²) >= 11 is 1.05. The number of para-hydroxylation sites is 1. The third-order valence-corrected chi connectivity index (χ3v) is 4.76. The van der Waals surface area contributed by atoms with Crippen molar-refractivity contribution in [3.63, 3.8) is 0 Å². The number of carbonyl (C=O) groups excluding carboxylic acids is 2. The fraction of sp³-hybridized carbons (Fsp3) is 0.176. The van der Waals surface area contributed by atoms with Crippen LogP contribution < -0.4 is 9.80 Å². The Labute approximate surface area is 133 Å². The van der Waals surface area contributed by atoms with E-state index in [0.29, 0.717) is 5.69 Å². The van der Waals surface area contributed by atoms with E-state index in [2.05, 4.69) is 0 Å². The molecule has 0 N–H and O–H groups in total. The van der Waals surface area contributed by atoms with Crippen molar-refractivity contribution in [1.82, 2.24) is 0 Å². The highest BCUT2D eigenvalue weighted by Crippen LogP contribution is 2.34. The van der Waals surface area contributed by atoms with Gasteiger partial charge in [-0.3, -0.25) is 9.59 Å². The summed E-state index contributed by atoms with van der Waals surface area (Å²) in [7, 11) is 1.84. The lowest BCUT2D eigenvalue weighted by molar-refractivity contribution is -0.116. The van der Waals surface area contributed by atoms with Crippen molar-refractivity contribution in [3.8, 4) is 0 Å². The van der Waals surface area contributed by atoms with Crippen molar-refractivity contribution in [2.75, 3.05) is 16.8 Å². The van der Waals surface area contributed by atoms with Crippen LogP contribution in [0, 0.1) is 6.92 Å². The van der Waals surface area contributed by atoms with Crippen LogP contribution in [0.3, 0.4) is 0 Å². The summed E-state index contributed by atoms with van der Waals surface area (Å²) < 4.78 is 0. The molecule has 2 aromatic rings. The van der Waals surface area contributed by atoms with E-state index in [4.69, 9.17) is 0 Å². The maximum atomic E-state index is 12.6. The van der Waals surface area contributed by atoms with Crippen molar-refractivity contribution in [2.24, 2.45) is 0 Å². The average molecular weight is 312 g/mol. The Morgan fingerprint density at radius 2 is 1.64 bits per heavy atom. The maximum absolute atomic E-state index is 12.6. The minimum Gasteiger partial charge on any atom is -0.354 e. The summed E-state index contributed by atoms with van der Waals surface area (Å²) in [6.07, 6.45) is 0. The minimum atomic E-state index is -0.532. The summed E-state index contributed by atoms with van der Waals surface area (Å²) in [5.41, 5.74) is 2.69. The van der Waals surface area contributed by atoms with Gasteiger partial charge >= 0.3 is 0 Å². The Balaban J connectivity index is 1.86. The molecule has 1 unspecified atom stereocenters. The Bertz CT molecular complexity index is 700. The highest BCUT2D eigenvalue weighted by molar-refractivity contribution is 8.16. The van der Waals surface area contributed by atoms with E-state index < -0.39 is 5.37 Å². The summed E-state index contributed by atoms with van der Waals surface area (Å²) in [4.78, 5) is 28.0. The third-order valence-electron chi connectivity index (χ3n) is 3.63. The second kappa shape index (κ2) is 5.85. The Kier molecular flexibility index (Phi) is 3.90. The molecule has 0 spiro atoms. The largest absolute Gasteiger partial charge is 0.354 e. The summed E-state index contributed by atoms with van der Waals surface area (Å²) in [5, 5.41) is -0.768. The first-order valence-corrected chi connectivity index (χ1v) is 7.85. The fourth-order valence-corrected chi connectivity index (χ4v) is 3.35. The van der Waals surface area contributed by atoms with Crippen LogP contribution in [0.1, 0.15) is 5.56 Å². The molecule has 4 nitrogen and oxygen atoms in total. The maximum Gasteiger partial charge on any atom is 0.295 e. The van der Waals surface area contributed by atoms with Crippen molar-refractivity contribution >= 4 is 34.3 Å². The number of hydrogen-bond donors (Lipinski definition) is 0. The monoisotopic (exact) mass is 312 g/mol. The van der Waals surface area contributed by atoms with E-state index in [1.807, 2.05) is 61.3 Å². The van der Waals surface area contributed by atoms with Crippen molar-refractivity contribution < 1.29 is 9.59 Å². The summed E-state index contributed by atoms with van der Waals surface area (Å²) in [6.45, 7) is 2.01. The third kappa shape index (κ3) is 2.60. The van der Waals surface area contributed by atoms with E-state index in [9.17, 15) is 9.59 Å². The molecule has 0 bridgehead atoms. The predicted octanol–water partition coefficient (Wildman–Crippen LogP) is 3.66. The molecule has 0 saturated carbocycles. The lowest BCUT2D eigenvalue weighted by Gasteiger charge is -2.24. The van der Waals surface area contributed by atoms with Gasteiger partial charge in [-0.1, -0.05) is 35.9 Å². The van der Waals surface area contributed by atoms with Crippen LogP contribution in [0.4, 0.5) is 16.2 Å². The average Bonchev–Trinajstić information content (AvgIpc) is 2.83. The molecule has 1 atom stereocenters. The molecule has 5 heteroatoms. The van der Waals surface area contributed by atoms with Gasteiger partial charge in [0.25, 0.3) is 11.1 Å². The first-order chi connectivity index (χ1) is 10.6. The standard InChI is InChI=1S/C17H16N2O2S/c1-12-8-10-13(11-9-12)18(2)16-15(20)19(17(21)22-16)14-6-4-3-5-7-14/h3-11,16H,1-2H3. The second-order valence-corrected chi connectivity index (χ2v) is 6.22. The Morgan fingerprint density at radius 3 is 2.27 bits per heavy atom. The van der Waals surface area contributed by atoms with Gasteiger partial charge in [0.05, 0.1) is 5.69 Å². The molecule has 22 heavy (non-hydrogen) atoms. The number of benzene rings is 2. The van der Waals surface area contributed by atoms with Crippen LogP contribution in [0.15, 0.2) is 54.6 Å². The molecular formula is C17H16N2O2S. The lowest BCUT2D eigenvalue weighted by Crippen LogP contribution is -2.39. The smallest absolute Gasteiger partial charge is 0.295 e. The van der Waals surface area contributed by atoms with E-state index in [1.54, 1.807) is 12.1 Å². The van der Waals surface area contributed by atoms with Crippen LogP contribution >= 0.6 is 11.8 Å². The number of carbonyl (C=O) groups is 2. The first-order valence-electron chi connectivity index (χ1n) is 6.97. The van der Waals surface area contributed by atoms with Gasteiger partial charge in [0.2, 0.25) is 0 Å². The fourth-order valence-electron chi connectivity index (χ4n) is 2.37. The molecule has 1 aliphatic rings. The zero-order valence-corrected chi connectivity index (χ0v) is 13.2. The minimum absolute atomic E-state index is 0.204. The van der Waals surface area contributed by atoms with E-state index in [-0.39, 0.29) is 11.1 Å². The summed E-state index contributed by atoms with van der Waals surface area (Å²) in [6, 6.07) is 16.9. The molecule has 2 amide bonds. The molecule has 1 heterocycles. The van der Waals surface area contributed by atoms with Gasteiger partial charge in [-0.05, 0) is 43.0 Å². The molecular weight excluding hydrogens is 296 g/mol. The van der Waals surface area contributed by atoms with Crippen molar-refractivity contribution in [2.45, 2.75) is 12.3 Å². The zero-order chi connectivity index (χ0) is 15.7. The van der Waals surface area contributed by atoms with Gasteiger partial charge < -0.3 is 4.90 Å². The van der Waals surface area contributed by atoms with Gasteiger partial charge in [-0.2, -0.15) is 0 Å². The number of hydrogen-bond acceptors (Lipinski definition) is 4. The molecule has 112 valence electrons. The normalized spacial score (nSPS) is 17.9. The molecule has 2 aromatic carbocycles. The topological polar surface area (TPSA) is 40.6 Å². The van der Waals surface area contributed by atoms with E-state index in [0.717, 1.165) is 23.0 Å². The molecule has 0 radical (unpaired) electrons. The van der Waals surface area contributed by atoms with E-state index >= 15 is 0 Å². The molecule has 0 aromatic heterocycles. The number of imide groups is 1. The zero-order valence-electron chi connectivity index (χ0n) is 12.4. The predicted molar refractivity (Wildman–Crippen MR) is 90.3 cm³/mol. The van der Waals surface area contributed by atoms with Crippen molar-refractivity contribution in [1.29, 1.82) is 0 Å². The van der Waals surface area contributed by atoms with Gasteiger partial charge in [0.1, 0.15) is 0 Å². The lowest BCUT2D eigenvalue weighted by atomic mass is 10.2. The number of anilines is 2. The van der Waals surface area contributed by atoms with E-state index in [1.165, 1.54) is 4.90 Å². The SMILES string of the molecule is Cc1ccc(N(C)C2SC(=O)N(c3ccccc3)C2=O)cc1. The molecule has 3 rings (SSSR count). The molecule has 0 aliphatic carbocycles. The summed E-state index contributed by atoms with van der Waals surface area (Å²) in [5.74, 6) is -0.204. The number of nitrogens with zero attached hydrogens (tertiary/aromatic N) is 2. The molecule has 1 saturated heterocycles. The van der Waals surface area contributed by atoms with Gasteiger partial charge in [-0.25, -0.2) is 4.90 Å². The second-order valence-electron chi connectivity index (χ2n) is 5.19. The first kappa shape index (κ1) is 14.7. The highest BCUT2D eigenvalue weighted by atomic mass is 32.2. The number of thioether (sulfide) groups is 1. The van der Waals surface area contributed by atoms with Crippen LogP contribution in [0.5, 0.6) is 0 Å². The van der Waals surface area contributed by atoms with Crippen molar-refractivity contribution in [3.05, 3.63) is 60.2 Å². The van der Waals surface area contributed by atoms with Gasteiger partial charge in [-0.15, -0.1) is 0 Å². The molecule has 1 fully saturated rings. The number of rotatable bonds is 3. The number of aryl methyl sites for hydroxylation is 1. The van der Waals surface area contributed by atoms with Crippen LogP contribution in [0.2, 0.25) is 0 Å². The van der Waals surface area contributed by atoms with Crippen LogP contribution in [-0.4, -0.2) is 23.6 Å².